The molecule has 1 aliphatic carbocycles. The molecule has 23 heavy (non-hydrogen) atoms. The predicted molar refractivity (Wildman–Crippen MR) is 90.7 cm³/mol. The first-order valence-electron chi connectivity index (χ1n) is 8.91. The minimum Gasteiger partial charge on any atom is -0.381 e. The first-order valence-corrected chi connectivity index (χ1v) is 8.91. The summed E-state index contributed by atoms with van der Waals surface area (Å²) >= 11 is 0. The molecule has 4 unspecified atom stereocenters. The van der Waals surface area contributed by atoms with Crippen LogP contribution in [0.15, 0.2) is 24.3 Å². The third kappa shape index (κ3) is 2.68. The summed E-state index contributed by atoms with van der Waals surface area (Å²) in [6, 6.07) is 8.49. The number of hydrogen-bond acceptors (Lipinski definition) is 3. The fourth-order valence-corrected chi connectivity index (χ4v) is 4.68. The number of carbonyl (C=O) groups excluding carboxylic acids is 1. The summed E-state index contributed by atoms with van der Waals surface area (Å²) in [5.74, 6) is 1.54. The lowest BCUT2D eigenvalue weighted by Crippen LogP contribution is -2.45. The Kier molecular flexibility index (Phi) is 4.12. The molecule has 2 heterocycles. The van der Waals surface area contributed by atoms with Crippen LogP contribution >= 0.6 is 0 Å². The van der Waals surface area contributed by atoms with Gasteiger partial charge in [-0.25, -0.2) is 0 Å². The highest BCUT2D eigenvalue weighted by atomic mass is 16.5. The van der Waals surface area contributed by atoms with Gasteiger partial charge in [-0.05, 0) is 36.8 Å². The molecule has 1 saturated heterocycles. The molecule has 1 N–H and O–H groups in total. The number of para-hydroxylation sites is 1. The normalized spacial score (nSPS) is 33.2. The molecule has 0 aromatic heterocycles. The average molecular weight is 314 g/mol. The molecule has 2 aliphatic heterocycles. The Hall–Kier alpha value is -1.39. The van der Waals surface area contributed by atoms with Crippen LogP contribution in [-0.2, 0) is 9.53 Å². The molecule has 4 rings (SSSR count). The van der Waals surface area contributed by atoms with E-state index >= 15 is 0 Å². The Morgan fingerprint density at radius 3 is 3.00 bits per heavy atom. The van der Waals surface area contributed by atoms with Crippen molar-refractivity contribution in [3.63, 3.8) is 0 Å². The predicted octanol–water partition coefficient (Wildman–Crippen LogP) is 2.54. The lowest BCUT2D eigenvalue weighted by molar-refractivity contribution is -0.125. The van der Waals surface area contributed by atoms with Gasteiger partial charge < -0.3 is 15.0 Å². The third-order valence-corrected chi connectivity index (χ3v) is 5.96. The van der Waals surface area contributed by atoms with Crippen molar-refractivity contribution >= 4 is 11.6 Å². The number of nitrogens with zero attached hydrogens (tertiary/aromatic N) is 1. The number of fused-ring (bicyclic) bond motifs is 3. The molecule has 4 nitrogen and oxygen atoms in total. The molecule has 124 valence electrons. The van der Waals surface area contributed by atoms with Crippen LogP contribution in [0.3, 0.4) is 0 Å². The smallest absolute Gasteiger partial charge is 0.230 e. The van der Waals surface area contributed by atoms with Gasteiger partial charge in [-0.15, -0.1) is 0 Å². The number of methoxy groups -OCH3 is 1. The minimum atomic E-state index is 0.118. The summed E-state index contributed by atoms with van der Waals surface area (Å²) in [4.78, 5) is 15.3. The zero-order chi connectivity index (χ0) is 15.8. The van der Waals surface area contributed by atoms with Crippen LogP contribution < -0.4 is 10.2 Å². The number of anilines is 1. The van der Waals surface area contributed by atoms with Crippen molar-refractivity contribution in [3.05, 3.63) is 29.8 Å². The van der Waals surface area contributed by atoms with E-state index in [0.717, 1.165) is 51.0 Å². The first kappa shape index (κ1) is 15.2. The van der Waals surface area contributed by atoms with E-state index in [1.54, 1.807) is 7.11 Å². The van der Waals surface area contributed by atoms with Gasteiger partial charge in [-0.3, -0.25) is 4.79 Å². The Morgan fingerprint density at radius 2 is 2.13 bits per heavy atom. The molecule has 0 bridgehead atoms. The number of benzene rings is 1. The molecular weight excluding hydrogens is 288 g/mol. The van der Waals surface area contributed by atoms with Crippen LogP contribution in [-0.4, -0.2) is 38.8 Å². The van der Waals surface area contributed by atoms with E-state index < -0.39 is 0 Å². The fraction of sp³-hybridized carbons (Fsp3) is 0.632. The van der Waals surface area contributed by atoms with Crippen molar-refractivity contribution in [3.8, 4) is 0 Å². The van der Waals surface area contributed by atoms with Crippen molar-refractivity contribution in [2.75, 3.05) is 31.6 Å². The molecule has 1 aromatic rings. The maximum absolute atomic E-state index is 13.2. The van der Waals surface area contributed by atoms with Gasteiger partial charge in [0.05, 0.1) is 6.10 Å². The molecule has 0 radical (unpaired) electrons. The average Bonchev–Trinajstić information content (AvgIpc) is 3.09. The second-order valence-electron chi connectivity index (χ2n) is 7.25. The largest absolute Gasteiger partial charge is 0.381 e. The second kappa shape index (κ2) is 6.25. The number of ether oxygens (including phenoxy) is 1. The lowest BCUT2D eigenvalue weighted by Gasteiger charge is -2.39. The zero-order valence-electron chi connectivity index (χ0n) is 13.8. The standard InChI is InChI=1S/C19H26N2O2/c1-23-15-6-4-5-13(9-15)19(22)21-12-14-10-20-11-17(14)16-7-2-3-8-18(16)21/h2-3,7-8,13-15,17,20H,4-6,9-12H2,1H3. The summed E-state index contributed by atoms with van der Waals surface area (Å²) < 4.78 is 5.52. The molecular formula is C19H26N2O2. The maximum Gasteiger partial charge on any atom is 0.230 e. The van der Waals surface area contributed by atoms with E-state index in [2.05, 4.69) is 34.5 Å². The van der Waals surface area contributed by atoms with Gasteiger partial charge in [0.15, 0.2) is 0 Å². The van der Waals surface area contributed by atoms with Crippen LogP contribution in [0.5, 0.6) is 0 Å². The van der Waals surface area contributed by atoms with Crippen LogP contribution in [0.1, 0.15) is 37.2 Å². The van der Waals surface area contributed by atoms with E-state index in [1.807, 2.05) is 0 Å². The summed E-state index contributed by atoms with van der Waals surface area (Å²) in [6.45, 7) is 2.93. The molecule has 4 atom stereocenters. The van der Waals surface area contributed by atoms with E-state index in [9.17, 15) is 4.79 Å². The van der Waals surface area contributed by atoms with Crippen LogP contribution in [0.25, 0.3) is 0 Å². The molecule has 4 heteroatoms. The van der Waals surface area contributed by atoms with Gasteiger partial charge in [0, 0.05) is 44.3 Å². The van der Waals surface area contributed by atoms with Gasteiger partial charge >= 0.3 is 0 Å². The van der Waals surface area contributed by atoms with Crippen molar-refractivity contribution in [2.24, 2.45) is 11.8 Å². The Labute approximate surface area is 138 Å². The highest BCUT2D eigenvalue weighted by Crippen LogP contribution is 2.41. The summed E-state index contributed by atoms with van der Waals surface area (Å²) in [7, 11) is 1.77. The zero-order valence-corrected chi connectivity index (χ0v) is 13.8. The third-order valence-electron chi connectivity index (χ3n) is 5.96. The Morgan fingerprint density at radius 1 is 1.26 bits per heavy atom. The summed E-state index contributed by atoms with van der Waals surface area (Å²) in [5, 5.41) is 3.50. The molecule has 1 saturated carbocycles. The minimum absolute atomic E-state index is 0.118. The summed E-state index contributed by atoms with van der Waals surface area (Å²) in [6.07, 6.45) is 4.31. The molecule has 1 aromatic carbocycles. The summed E-state index contributed by atoms with van der Waals surface area (Å²) in [5.41, 5.74) is 2.49. The van der Waals surface area contributed by atoms with Crippen molar-refractivity contribution in [1.82, 2.24) is 5.32 Å². The quantitative estimate of drug-likeness (QED) is 0.912. The molecule has 2 fully saturated rings. The van der Waals surface area contributed by atoms with Gasteiger partial charge in [0.1, 0.15) is 0 Å². The Balaban J connectivity index is 1.61. The van der Waals surface area contributed by atoms with Gasteiger partial charge in [0.2, 0.25) is 5.91 Å². The van der Waals surface area contributed by atoms with E-state index in [1.165, 1.54) is 5.56 Å². The first-order chi connectivity index (χ1) is 11.3. The number of nitrogens with one attached hydrogen (secondary N) is 1. The number of amides is 1. The van der Waals surface area contributed by atoms with Crippen molar-refractivity contribution < 1.29 is 9.53 Å². The van der Waals surface area contributed by atoms with Crippen LogP contribution in [0.2, 0.25) is 0 Å². The van der Waals surface area contributed by atoms with E-state index in [-0.39, 0.29) is 12.0 Å². The van der Waals surface area contributed by atoms with E-state index in [4.69, 9.17) is 4.74 Å². The molecule has 0 spiro atoms. The number of hydrogen-bond donors (Lipinski definition) is 1. The van der Waals surface area contributed by atoms with Gasteiger partial charge in [-0.1, -0.05) is 24.6 Å². The topological polar surface area (TPSA) is 41.6 Å². The van der Waals surface area contributed by atoms with Gasteiger partial charge in [0.25, 0.3) is 0 Å². The van der Waals surface area contributed by atoms with Crippen molar-refractivity contribution in [1.29, 1.82) is 0 Å². The highest BCUT2D eigenvalue weighted by molar-refractivity contribution is 5.96. The number of carbonyl (C=O) groups is 1. The fourth-order valence-electron chi connectivity index (χ4n) is 4.68. The second-order valence-corrected chi connectivity index (χ2v) is 7.25. The molecule has 3 aliphatic rings. The SMILES string of the molecule is COC1CCCC(C(=O)N2CC3CNCC3c3ccccc32)C1. The highest BCUT2D eigenvalue weighted by Gasteiger charge is 2.40. The van der Waals surface area contributed by atoms with Crippen molar-refractivity contribution in [2.45, 2.75) is 37.7 Å². The van der Waals surface area contributed by atoms with Gasteiger partial charge in [-0.2, -0.15) is 0 Å². The van der Waals surface area contributed by atoms with Crippen LogP contribution in [0.4, 0.5) is 5.69 Å². The maximum atomic E-state index is 13.2. The number of rotatable bonds is 2. The Bertz CT molecular complexity index is 588. The van der Waals surface area contributed by atoms with Crippen LogP contribution in [0, 0.1) is 11.8 Å². The lowest BCUT2D eigenvalue weighted by atomic mass is 9.81. The van der Waals surface area contributed by atoms with E-state index in [0.29, 0.717) is 17.7 Å². The monoisotopic (exact) mass is 314 g/mol. The molecule has 1 amide bonds.